The Kier molecular flexibility index (Phi) is 3.76. The predicted octanol–water partition coefficient (Wildman–Crippen LogP) is 3.88. The van der Waals surface area contributed by atoms with Gasteiger partial charge >= 0.3 is 0 Å². The molecule has 0 atom stereocenters. The number of aromatic hydroxyl groups is 1. The van der Waals surface area contributed by atoms with Gasteiger partial charge in [0.25, 0.3) is 5.69 Å². The molecule has 0 unspecified atom stereocenters. The van der Waals surface area contributed by atoms with E-state index in [9.17, 15) is 20.0 Å². The number of non-ortho nitro benzene ring substituents is 1. The van der Waals surface area contributed by atoms with Crippen molar-refractivity contribution in [3.05, 3.63) is 81.9 Å². The Bertz CT molecular complexity index is 904. The number of nitrogens with zero attached hydrogens (tertiary/aromatic N) is 1. The van der Waals surface area contributed by atoms with Crippen LogP contribution in [-0.4, -0.2) is 15.8 Å². The second-order valence-corrected chi connectivity index (χ2v) is 5.18. The van der Waals surface area contributed by atoms with Gasteiger partial charge in [-0.15, -0.1) is 0 Å². The lowest BCUT2D eigenvalue weighted by Crippen LogP contribution is -2.05. The van der Waals surface area contributed by atoms with Crippen molar-refractivity contribution in [3.63, 3.8) is 0 Å². The molecule has 1 N–H and O–H groups in total. The monoisotopic (exact) mass is 307 g/mol. The van der Waals surface area contributed by atoms with Gasteiger partial charge in [0, 0.05) is 17.9 Å². The summed E-state index contributed by atoms with van der Waals surface area (Å²) in [7, 11) is 0. The summed E-state index contributed by atoms with van der Waals surface area (Å²) >= 11 is 0. The molecule has 5 nitrogen and oxygen atoms in total. The Labute approximate surface area is 132 Å². The average Bonchev–Trinajstić information content (AvgIpc) is 2.56. The fraction of sp³-hybridized carbons (Fsp3) is 0.0556. The van der Waals surface area contributed by atoms with Gasteiger partial charge in [0.1, 0.15) is 5.75 Å². The molecule has 0 radical (unpaired) electrons. The number of nitro groups is 1. The van der Waals surface area contributed by atoms with E-state index in [0.717, 1.165) is 11.6 Å². The molecule has 3 aromatic carbocycles. The van der Waals surface area contributed by atoms with Crippen molar-refractivity contribution in [3.8, 4) is 5.75 Å². The van der Waals surface area contributed by atoms with E-state index in [4.69, 9.17) is 0 Å². The Morgan fingerprint density at radius 2 is 1.61 bits per heavy atom. The fourth-order valence-electron chi connectivity index (χ4n) is 2.58. The molecule has 3 rings (SSSR count). The molecule has 0 spiro atoms. The first kappa shape index (κ1) is 14.7. The highest BCUT2D eigenvalue weighted by atomic mass is 16.6. The van der Waals surface area contributed by atoms with E-state index < -0.39 is 4.92 Å². The van der Waals surface area contributed by atoms with E-state index in [2.05, 4.69) is 0 Å². The van der Waals surface area contributed by atoms with Crippen molar-refractivity contribution >= 4 is 22.2 Å². The van der Waals surface area contributed by atoms with Crippen LogP contribution in [0, 0.1) is 10.1 Å². The standard InChI is InChI=1S/C18H13NO4/c20-17(10-12-6-2-1-3-7-12)15-11-16(19(22)23)13-8-4-5-9-14(13)18(15)21/h1-9,11,21H,10H2. The zero-order chi connectivity index (χ0) is 16.4. The Hall–Kier alpha value is -3.21. The van der Waals surface area contributed by atoms with Crippen LogP contribution in [0.3, 0.4) is 0 Å². The van der Waals surface area contributed by atoms with Gasteiger partial charge in [0.2, 0.25) is 0 Å². The number of fused-ring (bicyclic) bond motifs is 1. The van der Waals surface area contributed by atoms with Gasteiger partial charge in [-0.25, -0.2) is 0 Å². The van der Waals surface area contributed by atoms with Crippen molar-refractivity contribution in [1.29, 1.82) is 0 Å². The van der Waals surface area contributed by atoms with Crippen LogP contribution in [0.5, 0.6) is 5.75 Å². The highest BCUT2D eigenvalue weighted by Crippen LogP contribution is 2.36. The van der Waals surface area contributed by atoms with Gasteiger partial charge in [-0.2, -0.15) is 0 Å². The van der Waals surface area contributed by atoms with Crippen LogP contribution in [0.25, 0.3) is 10.8 Å². The first-order valence-corrected chi connectivity index (χ1v) is 7.04. The zero-order valence-electron chi connectivity index (χ0n) is 12.1. The molecule has 114 valence electrons. The fourth-order valence-corrected chi connectivity index (χ4v) is 2.58. The maximum atomic E-state index is 12.5. The molecule has 0 aromatic heterocycles. The number of benzene rings is 3. The smallest absolute Gasteiger partial charge is 0.278 e. The summed E-state index contributed by atoms with van der Waals surface area (Å²) in [6.45, 7) is 0. The molecule has 0 saturated heterocycles. The Balaban J connectivity index is 2.12. The number of phenolic OH excluding ortho intramolecular Hbond substituents is 1. The van der Waals surface area contributed by atoms with E-state index in [1.807, 2.05) is 18.2 Å². The number of ketones is 1. The summed E-state index contributed by atoms with van der Waals surface area (Å²) in [6.07, 6.45) is 0.0733. The molecule has 0 aliphatic rings. The maximum Gasteiger partial charge on any atom is 0.278 e. The van der Waals surface area contributed by atoms with Crippen LogP contribution in [0.15, 0.2) is 60.7 Å². The van der Waals surface area contributed by atoms with Crippen LogP contribution in [0.1, 0.15) is 15.9 Å². The highest BCUT2D eigenvalue weighted by Gasteiger charge is 2.22. The van der Waals surface area contributed by atoms with Crippen molar-refractivity contribution in [2.24, 2.45) is 0 Å². The van der Waals surface area contributed by atoms with Crippen LogP contribution < -0.4 is 0 Å². The van der Waals surface area contributed by atoms with Gasteiger partial charge in [0.15, 0.2) is 5.78 Å². The number of carbonyl (C=O) groups is 1. The van der Waals surface area contributed by atoms with Crippen molar-refractivity contribution in [1.82, 2.24) is 0 Å². The van der Waals surface area contributed by atoms with Crippen LogP contribution >= 0.6 is 0 Å². The normalized spacial score (nSPS) is 10.6. The van der Waals surface area contributed by atoms with Gasteiger partial charge in [0.05, 0.1) is 15.9 Å². The Morgan fingerprint density at radius 3 is 2.26 bits per heavy atom. The Morgan fingerprint density at radius 1 is 1.00 bits per heavy atom. The van der Waals surface area contributed by atoms with E-state index in [0.29, 0.717) is 10.8 Å². The SMILES string of the molecule is O=C(Cc1ccccc1)c1cc([N+](=O)[O-])c2ccccc2c1O. The number of rotatable bonds is 4. The molecule has 0 fully saturated rings. The minimum Gasteiger partial charge on any atom is -0.507 e. The molecule has 0 aliphatic carbocycles. The summed E-state index contributed by atoms with van der Waals surface area (Å²) in [5, 5.41) is 22.2. The second kappa shape index (κ2) is 5.88. The summed E-state index contributed by atoms with van der Waals surface area (Å²) in [4.78, 5) is 23.2. The molecule has 5 heteroatoms. The van der Waals surface area contributed by atoms with E-state index in [1.165, 1.54) is 0 Å². The summed E-state index contributed by atoms with van der Waals surface area (Å²) < 4.78 is 0. The average molecular weight is 307 g/mol. The summed E-state index contributed by atoms with van der Waals surface area (Å²) in [5.74, 6) is -0.574. The van der Waals surface area contributed by atoms with Crippen LogP contribution in [0.2, 0.25) is 0 Å². The lowest BCUT2D eigenvalue weighted by atomic mass is 9.97. The van der Waals surface area contributed by atoms with Crippen LogP contribution in [-0.2, 0) is 6.42 Å². The van der Waals surface area contributed by atoms with Gasteiger partial charge < -0.3 is 5.11 Å². The minimum atomic E-state index is -0.541. The third-order valence-electron chi connectivity index (χ3n) is 3.70. The second-order valence-electron chi connectivity index (χ2n) is 5.18. The van der Waals surface area contributed by atoms with E-state index in [-0.39, 0.29) is 29.2 Å². The minimum absolute atomic E-state index is 0.0285. The first-order chi connectivity index (χ1) is 11.1. The van der Waals surface area contributed by atoms with E-state index >= 15 is 0 Å². The first-order valence-electron chi connectivity index (χ1n) is 7.04. The molecular formula is C18H13NO4. The van der Waals surface area contributed by atoms with Crippen LogP contribution in [0.4, 0.5) is 5.69 Å². The highest BCUT2D eigenvalue weighted by molar-refractivity contribution is 6.08. The molecule has 0 amide bonds. The maximum absolute atomic E-state index is 12.5. The summed E-state index contributed by atoms with van der Waals surface area (Å²) in [6, 6.07) is 16.6. The molecule has 0 heterocycles. The van der Waals surface area contributed by atoms with Gasteiger partial charge in [-0.1, -0.05) is 48.5 Å². The number of hydrogen-bond donors (Lipinski definition) is 1. The lowest BCUT2D eigenvalue weighted by Gasteiger charge is -2.08. The van der Waals surface area contributed by atoms with Gasteiger partial charge in [-0.3, -0.25) is 14.9 Å². The third kappa shape index (κ3) is 2.76. The zero-order valence-corrected chi connectivity index (χ0v) is 12.1. The molecule has 23 heavy (non-hydrogen) atoms. The molecular weight excluding hydrogens is 294 g/mol. The number of nitro benzene ring substituents is 1. The molecule has 0 saturated carbocycles. The van der Waals surface area contributed by atoms with Crippen molar-refractivity contribution in [2.45, 2.75) is 6.42 Å². The third-order valence-corrected chi connectivity index (χ3v) is 3.70. The van der Waals surface area contributed by atoms with E-state index in [1.54, 1.807) is 36.4 Å². The topological polar surface area (TPSA) is 80.4 Å². The van der Waals surface area contributed by atoms with Crippen molar-refractivity contribution < 1.29 is 14.8 Å². The predicted molar refractivity (Wildman–Crippen MR) is 86.7 cm³/mol. The molecule has 0 bridgehead atoms. The molecule has 0 aliphatic heterocycles. The number of phenols is 1. The number of carbonyl (C=O) groups excluding carboxylic acids is 1. The number of Topliss-reactive ketones (excluding diaryl/α,β-unsaturated/α-hetero) is 1. The largest absolute Gasteiger partial charge is 0.507 e. The quantitative estimate of drug-likeness (QED) is 0.450. The summed E-state index contributed by atoms with van der Waals surface area (Å²) in [5.41, 5.74) is 0.571. The van der Waals surface area contributed by atoms with Gasteiger partial charge in [-0.05, 0) is 11.6 Å². The van der Waals surface area contributed by atoms with Crippen molar-refractivity contribution in [2.75, 3.05) is 0 Å². The molecule has 3 aromatic rings. The number of hydrogen-bond acceptors (Lipinski definition) is 4. The lowest BCUT2D eigenvalue weighted by molar-refractivity contribution is -0.383.